The van der Waals surface area contributed by atoms with Gasteiger partial charge in [-0.2, -0.15) is 0 Å². The van der Waals surface area contributed by atoms with Gasteiger partial charge in [0.15, 0.2) is 23.3 Å². The van der Waals surface area contributed by atoms with Gasteiger partial charge in [-0.25, -0.2) is 31.7 Å². The van der Waals surface area contributed by atoms with Crippen molar-refractivity contribution in [1.82, 2.24) is 9.79 Å². The molecule has 0 unspecified atom stereocenters. The van der Waals surface area contributed by atoms with Crippen LogP contribution in [0.25, 0.3) is 0 Å². The molecule has 1 aliphatic carbocycles. The summed E-state index contributed by atoms with van der Waals surface area (Å²) in [5.41, 5.74) is 3.25. The maximum atomic E-state index is 14.5. The summed E-state index contributed by atoms with van der Waals surface area (Å²) in [6.45, 7) is 1.27. The number of amides is 2. The largest absolute Gasteiger partial charge is 0.507 e. The Balaban J connectivity index is 1.64. The topological polar surface area (TPSA) is 93.1 Å². The van der Waals surface area contributed by atoms with Crippen molar-refractivity contribution in [3.8, 4) is 5.75 Å². The molecule has 1 saturated carbocycles. The molecule has 0 aliphatic heterocycles. The number of phenolic OH excluding ortho intramolecular Hbond substituents is 1. The second-order valence-electron chi connectivity index (χ2n) is 10.6. The van der Waals surface area contributed by atoms with Gasteiger partial charge < -0.3 is 10.0 Å². The molecule has 0 radical (unpaired) electrons. The summed E-state index contributed by atoms with van der Waals surface area (Å²) in [5.74, 6) is -12.1. The number of carbonyl (C=O) groups excluding carboxylic acids is 2. The number of aromatic hydroxyl groups is 1. The van der Waals surface area contributed by atoms with E-state index in [0.717, 1.165) is 24.5 Å². The number of benzene rings is 3. The molecule has 1 fully saturated rings. The maximum Gasteiger partial charge on any atom is 0.278 e. The molecule has 3 N–H and O–H groups in total. The number of anilines is 1. The van der Waals surface area contributed by atoms with Crippen LogP contribution in [-0.2, 0) is 11.3 Å². The van der Waals surface area contributed by atoms with Crippen LogP contribution < -0.4 is 10.4 Å². The summed E-state index contributed by atoms with van der Waals surface area (Å²) in [4.78, 5) is 25.8. The number of carbonyl (C=O) groups is 2. The van der Waals surface area contributed by atoms with Crippen LogP contribution in [0.1, 0.15) is 72.9 Å². The van der Waals surface area contributed by atoms with E-state index in [0.29, 0.717) is 12.3 Å². The Kier molecular flexibility index (Phi) is 11.2. The molecule has 2 amide bonds. The van der Waals surface area contributed by atoms with Crippen LogP contribution in [0.15, 0.2) is 47.4 Å². The van der Waals surface area contributed by atoms with Crippen molar-refractivity contribution in [2.45, 2.75) is 62.8 Å². The number of halogens is 5. The van der Waals surface area contributed by atoms with Crippen LogP contribution in [0.3, 0.4) is 0 Å². The highest BCUT2D eigenvalue weighted by Gasteiger charge is 2.29. The van der Waals surface area contributed by atoms with Gasteiger partial charge in [-0.3, -0.25) is 14.8 Å². The molecule has 0 aromatic heterocycles. The summed E-state index contributed by atoms with van der Waals surface area (Å²) in [7, 11) is 0. The number of phenols is 1. The third-order valence-electron chi connectivity index (χ3n) is 7.51. The number of nitrogens with one attached hydrogen (secondary N) is 1. The Morgan fingerprint density at radius 1 is 0.909 bits per heavy atom. The van der Waals surface area contributed by atoms with Crippen LogP contribution in [0.2, 0.25) is 0 Å². The van der Waals surface area contributed by atoms with E-state index in [9.17, 15) is 36.6 Å². The smallest absolute Gasteiger partial charge is 0.278 e. The number of rotatable bonds is 11. The Labute approximate surface area is 255 Å². The van der Waals surface area contributed by atoms with E-state index in [1.807, 2.05) is 24.3 Å². The fourth-order valence-corrected chi connectivity index (χ4v) is 6.26. The normalized spacial score (nSPS) is 13.7. The molecule has 4 rings (SSSR count). The monoisotopic (exact) mass is 637 g/mol. The van der Waals surface area contributed by atoms with Crippen LogP contribution in [0, 0.1) is 29.1 Å². The molecule has 236 valence electrons. The Bertz CT molecular complexity index is 1470. The molecule has 1 aliphatic rings. The van der Waals surface area contributed by atoms with Crippen molar-refractivity contribution in [2.24, 2.45) is 0 Å². The van der Waals surface area contributed by atoms with Gasteiger partial charge >= 0.3 is 0 Å². The second kappa shape index (κ2) is 14.9. The first-order chi connectivity index (χ1) is 21.0. The second-order valence-corrected chi connectivity index (χ2v) is 11.7. The zero-order valence-corrected chi connectivity index (χ0v) is 24.7. The zero-order chi connectivity index (χ0) is 32.0. The van der Waals surface area contributed by atoms with Gasteiger partial charge in [0.25, 0.3) is 5.91 Å². The van der Waals surface area contributed by atoms with Gasteiger partial charge in [0.05, 0.1) is 18.7 Å². The molecule has 3 aromatic carbocycles. The minimum atomic E-state index is -2.28. The van der Waals surface area contributed by atoms with Crippen molar-refractivity contribution < 1.29 is 41.9 Å². The highest BCUT2D eigenvalue weighted by Crippen LogP contribution is 2.35. The van der Waals surface area contributed by atoms with Gasteiger partial charge in [0.2, 0.25) is 11.7 Å². The molecule has 0 saturated heterocycles. The number of hydrogen-bond acceptors (Lipinski definition) is 6. The summed E-state index contributed by atoms with van der Waals surface area (Å²) in [5, 5.41) is 19.4. The fraction of sp³-hybridized carbons (Fsp3) is 0.355. The minimum absolute atomic E-state index is 0.00191. The molecule has 0 spiro atoms. The average molecular weight is 638 g/mol. The van der Waals surface area contributed by atoms with E-state index in [1.54, 1.807) is 6.92 Å². The van der Waals surface area contributed by atoms with Crippen LogP contribution >= 0.6 is 11.9 Å². The average Bonchev–Trinajstić information content (AvgIpc) is 3.04. The van der Waals surface area contributed by atoms with E-state index in [4.69, 9.17) is 5.21 Å². The quantitative estimate of drug-likeness (QED) is 0.0514. The van der Waals surface area contributed by atoms with E-state index in [1.165, 1.54) is 51.6 Å². The summed E-state index contributed by atoms with van der Waals surface area (Å²) in [6, 6.07) is 11.5. The molecule has 7 nitrogen and oxygen atoms in total. The van der Waals surface area contributed by atoms with Crippen molar-refractivity contribution >= 4 is 29.4 Å². The first kappa shape index (κ1) is 33.2. The molecule has 3 aromatic rings. The molecule has 44 heavy (non-hydrogen) atoms. The zero-order valence-electron chi connectivity index (χ0n) is 23.9. The fourth-order valence-electron chi connectivity index (χ4n) is 5.21. The summed E-state index contributed by atoms with van der Waals surface area (Å²) < 4.78 is 71.4. The van der Waals surface area contributed by atoms with Gasteiger partial charge in [-0.15, -0.1) is 0 Å². The van der Waals surface area contributed by atoms with E-state index in [-0.39, 0.29) is 36.3 Å². The number of hydrogen-bond donors (Lipinski definition) is 3. The van der Waals surface area contributed by atoms with E-state index in [2.05, 4.69) is 0 Å². The van der Waals surface area contributed by atoms with E-state index < -0.39 is 58.1 Å². The minimum Gasteiger partial charge on any atom is -0.507 e. The molecular formula is C31H32F5N3O4S. The predicted molar refractivity (Wildman–Crippen MR) is 155 cm³/mol. The third-order valence-corrected chi connectivity index (χ3v) is 8.62. The molecule has 0 bridgehead atoms. The number of nitrogens with zero attached hydrogens (tertiary/aromatic N) is 2. The molecule has 0 atom stereocenters. The van der Waals surface area contributed by atoms with Gasteiger partial charge in [0, 0.05) is 18.3 Å². The SMILES string of the molecule is CCCN(CC(=O)N(Cc1ccc(C2CCCCC2)cc1)c1ccc(C(=O)NO)c(O)c1)Sc1c(F)c(F)c(F)c(F)c1F. The lowest BCUT2D eigenvalue weighted by molar-refractivity contribution is -0.118. The lowest BCUT2D eigenvalue weighted by Crippen LogP contribution is -2.38. The summed E-state index contributed by atoms with van der Waals surface area (Å²) in [6.07, 6.45) is 6.13. The van der Waals surface area contributed by atoms with Gasteiger partial charge in [-0.1, -0.05) is 50.5 Å². The Hall–Kier alpha value is -3.68. The van der Waals surface area contributed by atoms with Gasteiger partial charge in [-0.05, 0) is 60.4 Å². The van der Waals surface area contributed by atoms with Crippen LogP contribution in [0.4, 0.5) is 27.6 Å². The van der Waals surface area contributed by atoms with Crippen LogP contribution in [-0.4, -0.2) is 39.5 Å². The highest BCUT2D eigenvalue weighted by atomic mass is 32.2. The lowest BCUT2D eigenvalue weighted by Gasteiger charge is -2.28. The third kappa shape index (κ3) is 7.51. The molecular weight excluding hydrogens is 605 g/mol. The Morgan fingerprint density at radius 3 is 2.09 bits per heavy atom. The highest BCUT2D eigenvalue weighted by molar-refractivity contribution is 7.97. The van der Waals surface area contributed by atoms with Gasteiger partial charge in [0.1, 0.15) is 10.6 Å². The number of hydroxylamine groups is 1. The van der Waals surface area contributed by atoms with Crippen molar-refractivity contribution in [2.75, 3.05) is 18.0 Å². The van der Waals surface area contributed by atoms with Crippen LogP contribution in [0.5, 0.6) is 5.75 Å². The van der Waals surface area contributed by atoms with Crippen molar-refractivity contribution in [1.29, 1.82) is 0 Å². The molecule has 0 heterocycles. The first-order valence-electron chi connectivity index (χ1n) is 14.2. The first-order valence-corrected chi connectivity index (χ1v) is 14.9. The predicted octanol–water partition coefficient (Wildman–Crippen LogP) is 7.21. The maximum absolute atomic E-state index is 14.5. The van der Waals surface area contributed by atoms with Crippen molar-refractivity contribution in [3.05, 3.63) is 88.2 Å². The summed E-state index contributed by atoms with van der Waals surface area (Å²) >= 11 is 0.240. The molecule has 13 heteroatoms. The van der Waals surface area contributed by atoms with E-state index >= 15 is 0 Å². The lowest BCUT2D eigenvalue weighted by atomic mass is 9.84. The Morgan fingerprint density at radius 2 is 1.52 bits per heavy atom. The van der Waals surface area contributed by atoms with Crippen molar-refractivity contribution in [3.63, 3.8) is 0 Å². The standard InChI is InChI=1S/C31H32F5N3O4S/c1-2-14-38(44-30-28(35)26(33)25(32)27(34)29(30)36)17-24(41)39(21-12-13-22(23(40)15-21)31(42)37-43)16-18-8-10-20(11-9-18)19-6-4-3-5-7-19/h8-13,15,19,40,43H,2-7,14,16-17H2,1H3,(H,37,42).